The predicted octanol–water partition coefficient (Wildman–Crippen LogP) is 3.58. The number of aromatic nitrogens is 1. The summed E-state index contributed by atoms with van der Waals surface area (Å²) in [5.74, 6) is 0.238. The summed E-state index contributed by atoms with van der Waals surface area (Å²) in [5.41, 5.74) is 2.46. The molecule has 0 aliphatic heterocycles. The third-order valence-electron chi connectivity index (χ3n) is 3.42. The molecule has 0 bridgehead atoms. The first-order chi connectivity index (χ1) is 11.5. The number of nitrogens with zero attached hydrogens (tertiary/aromatic N) is 1. The molecule has 0 fully saturated rings. The number of amides is 1. The minimum absolute atomic E-state index is 0.237. The maximum atomic E-state index is 12.5. The summed E-state index contributed by atoms with van der Waals surface area (Å²) in [5, 5.41) is 3.76. The van der Waals surface area contributed by atoms with Crippen LogP contribution in [-0.2, 0) is 16.4 Å². The molecule has 25 heavy (non-hydrogen) atoms. The van der Waals surface area contributed by atoms with E-state index in [1.54, 1.807) is 25.1 Å². The van der Waals surface area contributed by atoms with Crippen molar-refractivity contribution in [2.75, 3.05) is 16.3 Å². The summed E-state index contributed by atoms with van der Waals surface area (Å²) in [7, 11) is -3.38. The highest BCUT2D eigenvalue weighted by atomic mass is 32.2. The summed E-state index contributed by atoms with van der Waals surface area (Å²) in [4.78, 5) is 17.6. The van der Waals surface area contributed by atoms with Gasteiger partial charge < -0.3 is 5.32 Å². The van der Waals surface area contributed by atoms with E-state index in [0.29, 0.717) is 27.9 Å². The number of hydrogen-bond donors (Lipinski definition) is 2. The summed E-state index contributed by atoms with van der Waals surface area (Å²) in [6, 6.07) is 5.11. The van der Waals surface area contributed by atoms with Gasteiger partial charge in [-0.2, -0.15) is 0 Å². The van der Waals surface area contributed by atoms with Crippen LogP contribution in [0.4, 0.5) is 11.4 Å². The van der Waals surface area contributed by atoms with Gasteiger partial charge in [0.2, 0.25) is 10.0 Å². The average Bonchev–Trinajstić information content (AvgIpc) is 2.81. The molecule has 0 radical (unpaired) electrons. The number of rotatable bonds is 6. The van der Waals surface area contributed by atoms with Crippen molar-refractivity contribution < 1.29 is 13.2 Å². The zero-order chi connectivity index (χ0) is 18.8. The number of anilines is 2. The average molecular weight is 382 g/mol. The first-order valence-corrected chi connectivity index (χ1v) is 10.6. The number of carbonyl (C=O) groups is 1. The van der Waals surface area contributed by atoms with Gasteiger partial charge in [0, 0.05) is 12.1 Å². The number of aryl methyl sites for hydroxylation is 2. The molecule has 0 atom stereocenters. The van der Waals surface area contributed by atoms with Crippen LogP contribution in [0.5, 0.6) is 0 Å². The molecule has 0 saturated carbocycles. The van der Waals surface area contributed by atoms with Crippen molar-refractivity contribution in [1.82, 2.24) is 4.98 Å². The second-order valence-corrected chi connectivity index (χ2v) is 9.31. The SMILES string of the molecule is Cc1ccc(NC(=O)c2sc(CC(C)C)nc2C)cc1NS(C)(=O)=O. The molecule has 0 spiro atoms. The molecule has 1 amide bonds. The minimum Gasteiger partial charge on any atom is -0.321 e. The molecule has 136 valence electrons. The molecule has 0 aliphatic rings. The van der Waals surface area contributed by atoms with E-state index < -0.39 is 10.0 Å². The van der Waals surface area contributed by atoms with Crippen molar-refractivity contribution >= 4 is 38.6 Å². The van der Waals surface area contributed by atoms with Crippen molar-refractivity contribution in [3.63, 3.8) is 0 Å². The second-order valence-electron chi connectivity index (χ2n) is 6.48. The van der Waals surface area contributed by atoms with Crippen LogP contribution in [0.15, 0.2) is 18.2 Å². The number of carbonyl (C=O) groups excluding carboxylic acids is 1. The summed E-state index contributed by atoms with van der Waals surface area (Å²) < 4.78 is 25.3. The number of benzene rings is 1. The van der Waals surface area contributed by atoms with Crippen LogP contribution in [0.25, 0.3) is 0 Å². The van der Waals surface area contributed by atoms with Crippen molar-refractivity contribution in [1.29, 1.82) is 0 Å². The van der Waals surface area contributed by atoms with E-state index in [9.17, 15) is 13.2 Å². The van der Waals surface area contributed by atoms with Gasteiger partial charge in [0.25, 0.3) is 5.91 Å². The largest absolute Gasteiger partial charge is 0.321 e. The highest BCUT2D eigenvalue weighted by Gasteiger charge is 2.16. The van der Waals surface area contributed by atoms with Crippen LogP contribution in [0, 0.1) is 19.8 Å². The lowest BCUT2D eigenvalue weighted by Gasteiger charge is -2.11. The molecule has 6 nitrogen and oxygen atoms in total. The van der Waals surface area contributed by atoms with E-state index in [-0.39, 0.29) is 5.91 Å². The van der Waals surface area contributed by atoms with Crippen LogP contribution in [0.3, 0.4) is 0 Å². The Morgan fingerprint density at radius 1 is 1.28 bits per heavy atom. The van der Waals surface area contributed by atoms with E-state index in [1.807, 2.05) is 6.92 Å². The van der Waals surface area contributed by atoms with E-state index in [1.165, 1.54) is 11.3 Å². The fraction of sp³-hybridized carbons (Fsp3) is 0.412. The van der Waals surface area contributed by atoms with Gasteiger partial charge in [0.1, 0.15) is 4.88 Å². The van der Waals surface area contributed by atoms with Gasteiger partial charge in [0.15, 0.2) is 0 Å². The van der Waals surface area contributed by atoms with E-state index in [4.69, 9.17) is 0 Å². The van der Waals surface area contributed by atoms with Gasteiger partial charge in [0.05, 0.1) is 22.6 Å². The van der Waals surface area contributed by atoms with Gasteiger partial charge in [-0.1, -0.05) is 19.9 Å². The molecule has 2 aromatic rings. The Balaban J connectivity index is 2.21. The molecule has 1 aromatic heterocycles. The van der Waals surface area contributed by atoms with Crippen LogP contribution in [-0.4, -0.2) is 25.6 Å². The maximum absolute atomic E-state index is 12.5. The van der Waals surface area contributed by atoms with Gasteiger partial charge in [-0.15, -0.1) is 11.3 Å². The Bertz CT molecular complexity index is 887. The zero-order valence-corrected chi connectivity index (χ0v) is 16.6. The molecule has 1 heterocycles. The van der Waals surface area contributed by atoms with Crippen molar-refractivity contribution in [3.8, 4) is 0 Å². The molecule has 2 rings (SSSR count). The molecule has 0 unspecified atom stereocenters. The van der Waals surface area contributed by atoms with Gasteiger partial charge in [-0.3, -0.25) is 9.52 Å². The number of thiazole rings is 1. The fourth-order valence-corrected chi connectivity index (χ4v) is 4.09. The molecular weight excluding hydrogens is 358 g/mol. The van der Waals surface area contributed by atoms with Gasteiger partial charge in [-0.25, -0.2) is 13.4 Å². The summed E-state index contributed by atoms with van der Waals surface area (Å²) in [6.07, 6.45) is 1.93. The van der Waals surface area contributed by atoms with E-state index >= 15 is 0 Å². The molecule has 8 heteroatoms. The Kier molecular flexibility index (Phi) is 5.84. The van der Waals surface area contributed by atoms with Crippen molar-refractivity contribution in [2.45, 2.75) is 34.1 Å². The monoisotopic (exact) mass is 381 g/mol. The molecular formula is C17H23N3O3S2. The normalized spacial score (nSPS) is 11.6. The lowest BCUT2D eigenvalue weighted by Crippen LogP contribution is -2.13. The predicted molar refractivity (Wildman–Crippen MR) is 103 cm³/mol. The Labute approximate surface area is 152 Å². The van der Waals surface area contributed by atoms with Crippen LogP contribution in [0.1, 0.15) is 39.8 Å². The molecule has 1 aromatic carbocycles. The smallest absolute Gasteiger partial charge is 0.267 e. The number of sulfonamides is 1. The van der Waals surface area contributed by atoms with Crippen LogP contribution >= 0.6 is 11.3 Å². The first kappa shape index (κ1) is 19.4. The fourth-order valence-electron chi connectivity index (χ4n) is 2.30. The van der Waals surface area contributed by atoms with Gasteiger partial charge >= 0.3 is 0 Å². The lowest BCUT2D eigenvalue weighted by atomic mass is 10.1. The minimum atomic E-state index is -3.38. The standard InChI is InChI=1S/C17H23N3O3S2/c1-10(2)8-15-18-12(4)16(24-15)17(21)19-13-7-6-11(3)14(9-13)20-25(5,22)23/h6-7,9-10,20H,8H2,1-5H3,(H,19,21). The second kappa shape index (κ2) is 7.53. The maximum Gasteiger partial charge on any atom is 0.267 e. The lowest BCUT2D eigenvalue weighted by molar-refractivity contribution is 0.103. The number of nitrogens with one attached hydrogen (secondary N) is 2. The highest BCUT2D eigenvalue weighted by Crippen LogP contribution is 2.24. The summed E-state index contributed by atoms with van der Waals surface area (Å²) in [6.45, 7) is 7.84. The first-order valence-electron chi connectivity index (χ1n) is 7.91. The molecule has 2 N–H and O–H groups in total. The van der Waals surface area contributed by atoms with Crippen molar-refractivity contribution in [3.05, 3.63) is 39.3 Å². The highest BCUT2D eigenvalue weighted by molar-refractivity contribution is 7.92. The van der Waals surface area contributed by atoms with Crippen LogP contribution < -0.4 is 10.0 Å². The Hall–Kier alpha value is -1.93. The number of hydrogen-bond acceptors (Lipinski definition) is 5. The quantitative estimate of drug-likeness (QED) is 0.800. The summed E-state index contributed by atoms with van der Waals surface area (Å²) >= 11 is 1.40. The van der Waals surface area contributed by atoms with Crippen LogP contribution in [0.2, 0.25) is 0 Å². The van der Waals surface area contributed by atoms with Gasteiger partial charge in [-0.05, 0) is 37.5 Å². The third-order valence-corrected chi connectivity index (χ3v) is 5.19. The zero-order valence-electron chi connectivity index (χ0n) is 15.0. The molecule has 0 aliphatic carbocycles. The molecule has 0 saturated heterocycles. The third kappa shape index (κ3) is 5.54. The Morgan fingerprint density at radius 3 is 2.56 bits per heavy atom. The van der Waals surface area contributed by atoms with Crippen molar-refractivity contribution in [2.24, 2.45) is 5.92 Å². The Morgan fingerprint density at radius 2 is 1.96 bits per heavy atom. The topological polar surface area (TPSA) is 88.2 Å². The van der Waals surface area contributed by atoms with E-state index in [0.717, 1.165) is 23.2 Å². The van der Waals surface area contributed by atoms with E-state index in [2.05, 4.69) is 28.9 Å².